The standard InChI is InChI=1S/C27H17NO/c29-21-12-14-23-25(16-21)28-27(20-10-9-17-5-1-2-7-19(17)15-20)24-13-11-18-6-3-4-8-22(18)26(23)24/h1-16,29H. The zero-order valence-electron chi connectivity index (χ0n) is 15.6. The van der Waals surface area contributed by atoms with Crippen LogP contribution in [0.25, 0.3) is 54.5 Å². The molecule has 0 saturated heterocycles. The van der Waals surface area contributed by atoms with E-state index in [4.69, 9.17) is 4.98 Å². The van der Waals surface area contributed by atoms with Crippen molar-refractivity contribution in [3.05, 3.63) is 97.1 Å². The van der Waals surface area contributed by atoms with Crippen LogP contribution in [0.3, 0.4) is 0 Å². The summed E-state index contributed by atoms with van der Waals surface area (Å²) in [6, 6.07) is 33.1. The lowest BCUT2D eigenvalue weighted by Gasteiger charge is -2.13. The molecule has 136 valence electrons. The summed E-state index contributed by atoms with van der Waals surface area (Å²) in [4.78, 5) is 4.99. The minimum Gasteiger partial charge on any atom is -0.508 e. The van der Waals surface area contributed by atoms with Crippen molar-refractivity contribution in [2.45, 2.75) is 0 Å². The van der Waals surface area contributed by atoms with E-state index in [-0.39, 0.29) is 5.75 Å². The van der Waals surface area contributed by atoms with Crippen LogP contribution in [0.15, 0.2) is 97.1 Å². The molecule has 0 bridgehead atoms. The van der Waals surface area contributed by atoms with Crippen LogP contribution < -0.4 is 0 Å². The maximum atomic E-state index is 10.1. The monoisotopic (exact) mass is 371 g/mol. The molecule has 0 aliphatic rings. The number of rotatable bonds is 1. The van der Waals surface area contributed by atoms with Crippen molar-refractivity contribution in [3.8, 4) is 17.0 Å². The second-order valence-electron chi connectivity index (χ2n) is 7.43. The summed E-state index contributed by atoms with van der Waals surface area (Å²) in [7, 11) is 0. The van der Waals surface area contributed by atoms with E-state index in [0.717, 1.165) is 27.5 Å². The number of pyridine rings is 1. The second-order valence-corrected chi connectivity index (χ2v) is 7.43. The Morgan fingerprint density at radius 2 is 1.28 bits per heavy atom. The fourth-order valence-corrected chi connectivity index (χ4v) is 4.32. The molecule has 2 heteroatoms. The molecule has 1 aromatic heterocycles. The SMILES string of the molecule is Oc1ccc2c(c1)nc(-c1ccc3ccccc3c1)c1ccc3ccccc3c12. The number of benzene rings is 5. The van der Waals surface area contributed by atoms with Gasteiger partial charge >= 0.3 is 0 Å². The average Bonchev–Trinajstić information content (AvgIpc) is 2.77. The summed E-state index contributed by atoms with van der Waals surface area (Å²) >= 11 is 0. The number of aromatic nitrogens is 1. The van der Waals surface area contributed by atoms with Gasteiger partial charge in [0.25, 0.3) is 0 Å². The third-order valence-corrected chi connectivity index (χ3v) is 5.69. The Bertz CT molecular complexity index is 1570. The van der Waals surface area contributed by atoms with E-state index in [9.17, 15) is 5.11 Å². The second kappa shape index (κ2) is 6.05. The molecule has 0 aliphatic carbocycles. The number of fused-ring (bicyclic) bond motifs is 6. The fourth-order valence-electron chi connectivity index (χ4n) is 4.32. The van der Waals surface area contributed by atoms with Gasteiger partial charge in [-0.05, 0) is 39.7 Å². The lowest BCUT2D eigenvalue weighted by atomic mass is 9.94. The normalized spacial score (nSPS) is 11.6. The fraction of sp³-hybridized carbons (Fsp3) is 0. The van der Waals surface area contributed by atoms with Gasteiger partial charge in [0.15, 0.2) is 0 Å². The van der Waals surface area contributed by atoms with E-state index in [1.807, 2.05) is 6.07 Å². The Morgan fingerprint density at radius 1 is 0.552 bits per heavy atom. The van der Waals surface area contributed by atoms with Crippen LogP contribution in [0.5, 0.6) is 5.75 Å². The van der Waals surface area contributed by atoms with Crippen LogP contribution in [0, 0.1) is 0 Å². The van der Waals surface area contributed by atoms with Crippen LogP contribution >= 0.6 is 0 Å². The van der Waals surface area contributed by atoms with Crippen molar-refractivity contribution in [3.63, 3.8) is 0 Å². The van der Waals surface area contributed by atoms with Gasteiger partial charge in [-0.3, -0.25) is 0 Å². The van der Waals surface area contributed by atoms with Crippen molar-refractivity contribution >= 4 is 43.2 Å². The summed E-state index contributed by atoms with van der Waals surface area (Å²) < 4.78 is 0. The molecule has 1 heterocycles. The molecule has 1 N–H and O–H groups in total. The number of aromatic hydroxyl groups is 1. The first-order valence-electron chi connectivity index (χ1n) is 9.71. The van der Waals surface area contributed by atoms with Crippen molar-refractivity contribution in [2.75, 3.05) is 0 Å². The van der Waals surface area contributed by atoms with E-state index < -0.39 is 0 Å². The summed E-state index contributed by atoms with van der Waals surface area (Å²) in [6.45, 7) is 0. The van der Waals surface area contributed by atoms with E-state index in [1.54, 1.807) is 12.1 Å². The van der Waals surface area contributed by atoms with E-state index in [0.29, 0.717) is 0 Å². The first-order chi connectivity index (χ1) is 14.3. The highest BCUT2D eigenvalue weighted by Gasteiger charge is 2.13. The number of hydrogen-bond acceptors (Lipinski definition) is 2. The van der Waals surface area contributed by atoms with Gasteiger partial charge in [-0.25, -0.2) is 4.98 Å². The van der Waals surface area contributed by atoms with E-state index in [2.05, 4.69) is 78.9 Å². The molecular formula is C27H17NO. The number of nitrogens with zero attached hydrogens (tertiary/aromatic N) is 1. The van der Waals surface area contributed by atoms with Crippen molar-refractivity contribution in [1.29, 1.82) is 0 Å². The number of hydrogen-bond donors (Lipinski definition) is 1. The maximum absolute atomic E-state index is 10.1. The largest absolute Gasteiger partial charge is 0.508 e. The molecule has 0 saturated carbocycles. The first kappa shape index (κ1) is 16.1. The Morgan fingerprint density at radius 3 is 2.17 bits per heavy atom. The predicted molar refractivity (Wildman–Crippen MR) is 121 cm³/mol. The van der Waals surface area contributed by atoms with Crippen LogP contribution in [0.2, 0.25) is 0 Å². The topological polar surface area (TPSA) is 33.1 Å². The van der Waals surface area contributed by atoms with Gasteiger partial charge in [0.1, 0.15) is 5.75 Å². The molecule has 6 aromatic rings. The lowest BCUT2D eigenvalue weighted by Crippen LogP contribution is -1.91. The minimum atomic E-state index is 0.231. The van der Waals surface area contributed by atoms with Gasteiger partial charge in [0.05, 0.1) is 11.2 Å². The van der Waals surface area contributed by atoms with Crippen LogP contribution in [-0.4, -0.2) is 10.1 Å². The summed E-state index contributed by atoms with van der Waals surface area (Å²) in [5, 5.41) is 18.2. The Labute approximate surface area is 167 Å². The summed E-state index contributed by atoms with van der Waals surface area (Å²) in [5.74, 6) is 0.231. The van der Waals surface area contributed by atoms with Crippen molar-refractivity contribution < 1.29 is 5.11 Å². The first-order valence-corrected chi connectivity index (χ1v) is 9.71. The predicted octanol–water partition coefficient (Wildman–Crippen LogP) is 7.07. The highest BCUT2D eigenvalue weighted by molar-refractivity contribution is 6.22. The Hall–Kier alpha value is -3.91. The maximum Gasteiger partial charge on any atom is 0.117 e. The summed E-state index contributed by atoms with van der Waals surface area (Å²) in [5.41, 5.74) is 2.82. The van der Waals surface area contributed by atoms with Gasteiger partial charge in [0.2, 0.25) is 0 Å². The van der Waals surface area contributed by atoms with Gasteiger partial charge in [-0.2, -0.15) is 0 Å². The van der Waals surface area contributed by atoms with Gasteiger partial charge in [-0.15, -0.1) is 0 Å². The molecular weight excluding hydrogens is 354 g/mol. The molecule has 0 aliphatic heterocycles. The molecule has 0 radical (unpaired) electrons. The number of phenolic OH excluding ortho intramolecular Hbond substituents is 1. The third-order valence-electron chi connectivity index (χ3n) is 5.69. The smallest absolute Gasteiger partial charge is 0.117 e. The highest BCUT2D eigenvalue weighted by atomic mass is 16.3. The zero-order chi connectivity index (χ0) is 19.4. The average molecular weight is 371 g/mol. The highest BCUT2D eigenvalue weighted by Crippen LogP contribution is 2.38. The van der Waals surface area contributed by atoms with E-state index in [1.165, 1.54) is 26.9 Å². The quantitative estimate of drug-likeness (QED) is 0.314. The molecule has 0 unspecified atom stereocenters. The van der Waals surface area contributed by atoms with Crippen LogP contribution in [0.1, 0.15) is 0 Å². The van der Waals surface area contributed by atoms with Crippen LogP contribution in [0.4, 0.5) is 0 Å². The van der Waals surface area contributed by atoms with Crippen molar-refractivity contribution in [1.82, 2.24) is 4.98 Å². The molecule has 29 heavy (non-hydrogen) atoms. The van der Waals surface area contributed by atoms with Gasteiger partial charge in [0, 0.05) is 27.8 Å². The van der Waals surface area contributed by atoms with Crippen LogP contribution in [-0.2, 0) is 0 Å². The van der Waals surface area contributed by atoms with E-state index >= 15 is 0 Å². The van der Waals surface area contributed by atoms with Gasteiger partial charge in [-0.1, -0.05) is 72.8 Å². The van der Waals surface area contributed by atoms with Gasteiger partial charge < -0.3 is 5.11 Å². The third kappa shape index (κ3) is 2.46. The zero-order valence-corrected chi connectivity index (χ0v) is 15.6. The molecule has 0 amide bonds. The minimum absolute atomic E-state index is 0.231. The number of phenols is 1. The lowest BCUT2D eigenvalue weighted by molar-refractivity contribution is 0.476. The molecule has 0 atom stereocenters. The summed E-state index contributed by atoms with van der Waals surface area (Å²) in [6.07, 6.45) is 0. The molecule has 0 spiro atoms. The Balaban J connectivity index is 1.80. The molecule has 0 fully saturated rings. The van der Waals surface area contributed by atoms with Crippen molar-refractivity contribution in [2.24, 2.45) is 0 Å². The molecule has 2 nitrogen and oxygen atoms in total. The molecule has 5 aromatic carbocycles. The molecule has 6 rings (SSSR count). The Kier molecular flexibility index (Phi) is 3.35.